The van der Waals surface area contributed by atoms with Crippen molar-refractivity contribution in [3.05, 3.63) is 84.9 Å². The molecule has 1 aliphatic heterocycles. The molecule has 30 heavy (non-hydrogen) atoms. The van der Waals surface area contributed by atoms with Crippen molar-refractivity contribution in [1.29, 1.82) is 0 Å². The number of thiazole rings is 1. The third-order valence-electron chi connectivity index (χ3n) is 4.77. The van der Waals surface area contributed by atoms with E-state index in [4.69, 9.17) is 13.9 Å². The van der Waals surface area contributed by atoms with E-state index in [0.717, 1.165) is 5.56 Å². The molecule has 0 spiro atoms. The largest absolute Gasteiger partial charge is 0.497 e. The molecule has 3 heterocycles. The van der Waals surface area contributed by atoms with Crippen LogP contribution in [0.1, 0.15) is 31.2 Å². The first kappa shape index (κ1) is 19.9. The molecule has 0 saturated carbocycles. The number of methoxy groups -OCH3 is 1. The highest BCUT2D eigenvalue weighted by Crippen LogP contribution is 2.31. The molecule has 1 atom stereocenters. The number of fused-ring (bicyclic) bond motifs is 1. The third kappa shape index (κ3) is 3.50. The van der Waals surface area contributed by atoms with Crippen LogP contribution in [0.5, 0.6) is 5.75 Å². The van der Waals surface area contributed by atoms with Crippen molar-refractivity contribution in [3.8, 4) is 5.75 Å². The minimum Gasteiger partial charge on any atom is -0.497 e. The van der Waals surface area contributed by atoms with Gasteiger partial charge in [-0.1, -0.05) is 23.5 Å². The molecule has 0 amide bonds. The van der Waals surface area contributed by atoms with Gasteiger partial charge in [0.1, 0.15) is 11.5 Å². The lowest BCUT2D eigenvalue weighted by atomic mass is 9.96. The third-order valence-corrected chi connectivity index (χ3v) is 5.75. The maximum atomic E-state index is 13.3. The van der Waals surface area contributed by atoms with E-state index in [1.165, 1.54) is 11.3 Å². The number of benzene rings is 1. The van der Waals surface area contributed by atoms with E-state index < -0.39 is 12.0 Å². The van der Waals surface area contributed by atoms with Crippen LogP contribution in [0.3, 0.4) is 0 Å². The second-order valence-corrected chi connectivity index (χ2v) is 7.60. The number of hydrogen-bond donors (Lipinski definition) is 0. The van der Waals surface area contributed by atoms with Crippen molar-refractivity contribution < 1.29 is 18.7 Å². The zero-order valence-electron chi connectivity index (χ0n) is 16.7. The molecule has 1 aromatic carbocycles. The van der Waals surface area contributed by atoms with Crippen LogP contribution in [0.25, 0.3) is 6.08 Å². The SMILES string of the molecule is CCOC(=O)C1=C(C)N=c2sc(=Cc3ccco3)c(=O)n2C1c1ccc(OC)cc1. The molecule has 0 N–H and O–H groups in total. The van der Waals surface area contributed by atoms with Crippen LogP contribution in [-0.4, -0.2) is 24.3 Å². The maximum absolute atomic E-state index is 13.3. The number of esters is 1. The molecule has 0 saturated heterocycles. The molecule has 3 aromatic rings. The summed E-state index contributed by atoms with van der Waals surface area (Å²) in [4.78, 5) is 31.2. The first-order chi connectivity index (χ1) is 14.5. The van der Waals surface area contributed by atoms with E-state index in [-0.39, 0.29) is 12.2 Å². The minimum atomic E-state index is -0.648. The van der Waals surface area contributed by atoms with Crippen LogP contribution in [0, 0.1) is 0 Å². The Morgan fingerprint density at radius 3 is 2.70 bits per heavy atom. The van der Waals surface area contributed by atoms with Crippen molar-refractivity contribution in [2.24, 2.45) is 4.99 Å². The monoisotopic (exact) mass is 424 g/mol. The van der Waals surface area contributed by atoms with E-state index in [9.17, 15) is 9.59 Å². The topological polar surface area (TPSA) is 83.0 Å². The molecule has 154 valence electrons. The predicted molar refractivity (Wildman–Crippen MR) is 112 cm³/mol. The van der Waals surface area contributed by atoms with Gasteiger partial charge in [-0.2, -0.15) is 0 Å². The number of carbonyl (C=O) groups excluding carboxylic acids is 1. The molecule has 0 aliphatic carbocycles. The Balaban J connectivity index is 1.95. The summed E-state index contributed by atoms with van der Waals surface area (Å²) in [7, 11) is 1.58. The van der Waals surface area contributed by atoms with Gasteiger partial charge in [0.25, 0.3) is 5.56 Å². The van der Waals surface area contributed by atoms with Gasteiger partial charge in [-0.25, -0.2) is 9.79 Å². The fourth-order valence-corrected chi connectivity index (χ4v) is 4.42. The summed E-state index contributed by atoms with van der Waals surface area (Å²) in [5.74, 6) is 0.768. The fourth-order valence-electron chi connectivity index (χ4n) is 3.40. The summed E-state index contributed by atoms with van der Waals surface area (Å²) in [6.45, 7) is 3.73. The standard InChI is InChI=1S/C22H20N2O5S/c1-4-28-21(26)18-13(2)23-22-24(19(18)14-7-9-15(27-3)10-8-14)20(25)17(30-22)12-16-6-5-11-29-16/h5-12,19H,4H2,1-3H3. The summed E-state index contributed by atoms with van der Waals surface area (Å²) < 4.78 is 17.9. The van der Waals surface area contributed by atoms with Gasteiger partial charge in [0.15, 0.2) is 4.80 Å². The smallest absolute Gasteiger partial charge is 0.338 e. The van der Waals surface area contributed by atoms with Gasteiger partial charge < -0.3 is 13.9 Å². The number of nitrogens with zero attached hydrogens (tertiary/aromatic N) is 2. The Bertz CT molecular complexity index is 1280. The van der Waals surface area contributed by atoms with Gasteiger partial charge >= 0.3 is 5.97 Å². The van der Waals surface area contributed by atoms with Gasteiger partial charge in [0, 0.05) is 6.08 Å². The highest BCUT2D eigenvalue weighted by Gasteiger charge is 2.33. The Morgan fingerprint density at radius 2 is 2.07 bits per heavy atom. The van der Waals surface area contributed by atoms with Crippen LogP contribution in [0.4, 0.5) is 0 Å². The van der Waals surface area contributed by atoms with Crippen LogP contribution in [-0.2, 0) is 9.53 Å². The molecule has 0 radical (unpaired) electrons. The average Bonchev–Trinajstić information content (AvgIpc) is 3.36. The van der Waals surface area contributed by atoms with Crippen molar-refractivity contribution >= 4 is 23.4 Å². The predicted octanol–water partition coefficient (Wildman–Crippen LogP) is 2.40. The van der Waals surface area contributed by atoms with E-state index >= 15 is 0 Å². The van der Waals surface area contributed by atoms with Gasteiger partial charge in [-0.15, -0.1) is 0 Å². The number of furan rings is 1. The quantitative estimate of drug-likeness (QED) is 0.588. The van der Waals surface area contributed by atoms with Gasteiger partial charge in [-0.05, 0) is 43.7 Å². The fraction of sp³-hybridized carbons (Fsp3) is 0.227. The maximum Gasteiger partial charge on any atom is 0.338 e. The lowest BCUT2D eigenvalue weighted by Gasteiger charge is -2.24. The highest BCUT2D eigenvalue weighted by atomic mass is 32.1. The van der Waals surface area contributed by atoms with E-state index in [1.807, 2.05) is 12.1 Å². The summed E-state index contributed by atoms with van der Waals surface area (Å²) in [6, 6.07) is 10.2. The second kappa shape index (κ2) is 8.16. The Labute approximate surface area is 176 Å². The normalized spacial score (nSPS) is 16.2. The summed E-state index contributed by atoms with van der Waals surface area (Å²) in [6.07, 6.45) is 3.23. The number of carbonyl (C=O) groups is 1. The van der Waals surface area contributed by atoms with Crippen LogP contribution in [0.2, 0.25) is 0 Å². The van der Waals surface area contributed by atoms with E-state index in [2.05, 4.69) is 4.99 Å². The number of ether oxygens (including phenoxy) is 2. The molecule has 1 aliphatic rings. The summed E-state index contributed by atoms with van der Waals surface area (Å²) in [5, 5.41) is 0. The first-order valence-corrected chi connectivity index (χ1v) is 10.2. The average molecular weight is 424 g/mol. The van der Waals surface area contributed by atoms with Crippen molar-refractivity contribution in [2.75, 3.05) is 13.7 Å². The number of hydrogen-bond acceptors (Lipinski definition) is 7. The Kier molecular flexibility index (Phi) is 5.41. The summed E-state index contributed by atoms with van der Waals surface area (Å²) in [5.41, 5.74) is 1.39. The second-order valence-electron chi connectivity index (χ2n) is 6.59. The van der Waals surface area contributed by atoms with Crippen LogP contribution >= 0.6 is 11.3 Å². The van der Waals surface area contributed by atoms with Crippen molar-refractivity contribution in [3.63, 3.8) is 0 Å². The van der Waals surface area contributed by atoms with Crippen molar-refractivity contribution in [2.45, 2.75) is 19.9 Å². The number of rotatable bonds is 5. The van der Waals surface area contributed by atoms with Crippen molar-refractivity contribution in [1.82, 2.24) is 4.57 Å². The Hall–Kier alpha value is -3.39. The Morgan fingerprint density at radius 1 is 1.30 bits per heavy atom. The van der Waals surface area contributed by atoms with E-state index in [0.29, 0.717) is 32.1 Å². The minimum absolute atomic E-state index is 0.230. The zero-order valence-corrected chi connectivity index (χ0v) is 17.6. The van der Waals surface area contributed by atoms with E-state index in [1.54, 1.807) is 62.1 Å². The van der Waals surface area contributed by atoms with Gasteiger partial charge in [-0.3, -0.25) is 9.36 Å². The van der Waals surface area contributed by atoms with Gasteiger partial charge in [0.05, 0.1) is 41.8 Å². The molecule has 2 aromatic heterocycles. The molecule has 0 fully saturated rings. The molecule has 1 unspecified atom stereocenters. The molecular weight excluding hydrogens is 404 g/mol. The lowest BCUT2D eigenvalue weighted by Crippen LogP contribution is -2.39. The first-order valence-electron chi connectivity index (χ1n) is 9.40. The molecule has 4 rings (SSSR count). The van der Waals surface area contributed by atoms with Crippen LogP contribution < -0.4 is 19.6 Å². The number of aromatic nitrogens is 1. The lowest BCUT2D eigenvalue weighted by molar-refractivity contribution is -0.139. The number of allylic oxidation sites excluding steroid dienone is 1. The molecule has 8 heteroatoms. The van der Waals surface area contributed by atoms with Gasteiger partial charge in [0.2, 0.25) is 0 Å². The molecule has 0 bridgehead atoms. The van der Waals surface area contributed by atoms with Crippen LogP contribution in [0.15, 0.2) is 68.1 Å². The molecule has 7 nitrogen and oxygen atoms in total. The molecular formula is C22H20N2O5S. The highest BCUT2D eigenvalue weighted by molar-refractivity contribution is 7.07. The summed E-state index contributed by atoms with van der Waals surface area (Å²) >= 11 is 1.25. The zero-order chi connectivity index (χ0) is 21.3.